The minimum Gasteiger partial charge on any atom is -0.422 e. The highest BCUT2D eigenvalue weighted by atomic mass is 79.9. The second kappa shape index (κ2) is 14.2. The number of nitrogens with zero attached hydrogens (tertiary/aromatic N) is 4. The number of hydrogen-bond acceptors (Lipinski definition) is 10. The number of rotatable bonds is 4. The van der Waals surface area contributed by atoms with Crippen LogP contribution >= 0.6 is 15.9 Å². The monoisotopic (exact) mass is 786 g/mol. The van der Waals surface area contributed by atoms with E-state index in [1.54, 1.807) is 40.1 Å². The van der Waals surface area contributed by atoms with Crippen molar-refractivity contribution in [1.29, 1.82) is 0 Å². The van der Waals surface area contributed by atoms with Crippen molar-refractivity contribution in [3.63, 3.8) is 0 Å². The van der Waals surface area contributed by atoms with Crippen molar-refractivity contribution in [1.82, 2.24) is 19.6 Å². The third-order valence-corrected chi connectivity index (χ3v) is 12.7. The summed E-state index contributed by atoms with van der Waals surface area (Å²) in [5.41, 5.74) is -1.17. The second-order valence-electron chi connectivity index (χ2n) is 15.0. The van der Waals surface area contributed by atoms with E-state index in [4.69, 9.17) is 18.3 Å². The molecule has 0 N–H and O–H groups in total. The van der Waals surface area contributed by atoms with Gasteiger partial charge < -0.3 is 37.9 Å². The molecule has 9 rings (SSSR count). The zero-order chi connectivity index (χ0) is 36.2. The van der Waals surface area contributed by atoms with Gasteiger partial charge >= 0.3 is 23.4 Å². The Labute approximate surface area is 314 Å². The van der Waals surface area contributed by atoms with Gasteiger partial charge in [-0.25, -0.2) is 19.2 Å². The highest BCUT2D eigenvalue weighted by molar-refractivity contribution is 9.10. The third kappa shape index (κ3) is 6.24. The van der Waals surface area contributed by atoms with Crippen LogP contribution in [-0.2, 0) is 0 Å². The highest BCUT2D eigenvalue weighted by Gasteiger charge is 2.33. The summed E-state index contributed by atoms with van der Waals surface area (Å²) in [6.07, 6.45) is 9.70. The fourth-order valence-corrected chi connectivity index (χ4v) is 9.75. The summed E-state index contributed by atoms with van der Waals surface area (Å²) in [6, 6.07) is 9.08. The number of fused-ring (bicyclic) bond motifs is 2. The van der Waals surface area contributed by atoms with E-state index in [9.17, 15) is 19.2 Å². The first kappa shape index (κ1) is 34.6. The lowest BCUT2D eigenvalue weighted by molar-refractivity contribution is 0.0876. The van der Waals surface area contributed by atoms with Crippen LogP contribution in [0.5, 0.6) is 11.5 Å². The Hall–Kier alpha value is -4.20. The fourth-order valence-electron chi connectivity index (χ4n) is 9.26. The molecule has 0 unspecified atom stereocenters. The van der Waals surface area contributed by atoms with Gasteiger partial charge in [-0.15, -0.1) is 0 Å². The summed E-state index contributed by atoms with van der Waals surface area (Å²) in [7, 11) is 0. The van der Waals surface area contributed by atoms with E-state index in [0.29, 0.717) is 48.1 Å². The maximum Gasteiger partial charge on any atom is 0.415 e. The second-order valence-corrected chi connectivity index (χ2v) is 15.9. The van der Waals surface area contributed by atoms with Crippen molar-refractivity contribution < 1.29 is 27.9 Å². The van der Waals surface area contributed by atoms with Crippen LogP contribution in [0.15, 0.2) is 53.2 Å². The largest absolute Gasteiger partial charge is 0.422 e. The molecule has 5 aromatic rings. The summed E-state index contributed by atoms with van der Waals surface area (Å²) in [5.74, 6) is 0.108. The maximum absolute atomic E-state index is 14.0. The molecular formula is C40H43BrN4O8. The molecule has 2 aromatic heterocycles. The average Bonchev–Trinajstić information content (AvgIpc) is 3.19. The van der Waals surface area contributed by atoms with Gasteiger partial charge in [-0.1, -0.05) is 25.0 Å². The Morgan fingerprint density at radius 1 is 0.604 bits per heavy atom. The smallest absolute Gasteiger partial charge is 0.415 e. The molecule has 0 saturated carbocycles. The lowest BCUT2D eigenvalue weighted by Crippen LogP contribution is -2.48. The van der Waals surface area contributed by atoms with Crippen molar-refractivity contribution in [3.8, 4) is 11.5 Å². The van der Waals surface area contributed by atoms with Crippen LogP contribution in [-0.4, -0.2) is 96.2 Å². The predicted octanol–water partition coefficient (Wildman–Crippen LogP) is 7.30. The first-order valence-corrected chi connectivity index (χ1v) is 20.0. The maximum atomic E-state index is 14.0. The van der Waals surface area contributed by atoms with Crippen molar-refractivity contribution in [2.24, 2.45) is 0 Å². The van der Waals surface area contributed by atoms with E-state index < -0.39 is 23.4 Å². The summed E-state index contributed by atoms with van der Waals surface area (Å²) >= 11 is 3.47. The van der Waals surface area contributed by atoms with E-state index in [2.05, 4.69) is 25.7 Å². The summed E-state index contributed by atoms with van der Waals surface area (Å²) in [4.78, 5) is 63.7. The van der Waals surface area contributed by atoms with E-state index >= 15 is 0 Å². The van der Waals surface area contributed by atoms with Crippen molar-refractivity contribution >= 4 is 71.6 Å². The number of benzene rings is 3. The highest BCUT2D eigenvalue weighted by Crippen LogP contribution is 2.46. The first-order valence-electron chi connectivity index (χ1n) is 19.2. The number of halogens is 1. The van der Waals surface area contributed by atoms with Gasteiger partial charge in [0.1, 0.15) is 16.7 Å². The number of hydrogen-bond donors (Lipinski definition) is 0. The molecular weight excluding hydrogens is 744 g/mol. The summed E-state index contributed by atoms with van der Waals surface area (Å²) in [6.45, 7) is 6.58. The Bertz CT molecular complexity index is 2310. The van der Waals surface area contributed by atoms with Gasteiger partial charge in [0, 0.05) is 58.9 Å². The minimum atomic E-state index is -0.743. The Morgan fingerprint density at radius 2 is 1.17 bits per heavy atom. The summed E-state index contributed by atoms with van der Waals surface area (Å²) in [5, 5.41) is 1.32. The molecule has 3 aromatic carbocycles. The number of carbonyl (C=O) groups excluding carboxylic acids is 2. The van der Waals surface area contributed by atoms with E-state index in [0.717, 1.165) is 51.9 Å². The van der Waals surface area contributed by atoms with Gasteiger partial charge in [0.2, 0.25) is 0 Å². The van der Waals surface area contributed by atoms with Crippen LogP contribution in [0.1, 0.15) is 64.2 Å². The van der Waals surface area contributed by atoms with Crippen molar-refractivity contribution in [3.05, 3.63) is 55.6 Å². The van der Waals surface area contributed by atoms with Gasteiger partial charge in [0.25, 0.3) is 0 Å². The van der Waals surface area contributed by atoms with Gasteiger partial charge in [-0.3, -0.25) is 0 Å². The Balaban J connectivity index is 1.10. The lowest BCUT2D eigenvalue weighted by Gasteiger charge is -2.39. The molecule has 6 heterocycles. The number of likely N-dealkylation sites (tertiary alicyclic amines) is 4. The van der Waals surface area contributed by atoms with E-state index in [1.165, 1.54) is 38.5 Å². The molecule has 4 aliphatic heterocycles. The molecule has 0 bridgehead atoms. The third-order valence-electron chi connectivity index (χ3n) is 12.0. The molecule has 278 valence electrons. The number of ether oxygens (including phenoxy) is 2. The molecule has 4 fully saturated rings. The Kier molecular flexibility index (Phi) is 9.27. The quantitative estimate of drug-likeness (QED) is 0.104. The topological polar surface area (TPSA) is 126 Å². The normalized spacial score (nSPS) is 20.2. The molecule has 13 heteroatoms. The molecule has 2 amide bonds. The van der Waals surface area contributed by atoms with Crippen LogP contribution in [0.2, 0.25) is 0 Å². The van der Waals surface area contributed by atoms with Gasteiger partial charge in [0.15, 0.2) is 11.3 Å². The standard InChI is InChI=1S/C40H43BrN4O8/c41-27-10-11-29-32-31(27)37(46)52-36-30-26(8-7-9-28(30)51-39(48)44-20-12-24(13-21-44)42-16-3-1-4-17-42)35(34(33(32)36)38(47)50-29)53-40(49)45-22-14-25(15-23-45)43-18-5-2-6-19-43/h7-11,24-25H,1-6,12-23H2. The zero-order valence-electron chi connectivity index (χ0n) is 29.7. The van der Waals surface area contributed by atoms with Crippen molar-refractivity contribution in [2.75, 3.05) is 52.4 Å². The Morgan fingerprint density at radius 3 is 1.77 bits per heavy atom. The van der Waals surface area contributed by atoms with Crippen LogP contribution in [0.25, 0.3) is 43.5 Å². The number of carbonyl (C=O) groups is 2. The van der Waals surface area contributed by atoms with Gasteiger partial charge in [-0.2, -0.15) is 0 Å². The molecule has 12 nitrogen and oxygen atoms in total. The van der Waals surface area contributed by atoms with Crippen LogP contribution in [0, 0.1) is 0 Å². The minimum absolute atomic E-state index is 0.0216. The van der Waals surface area contributed by atoms with Crippen LogP contribution in [0.3, 0.4) is 0 Å². The van der Waals surface area contributed by atoms with E-state index in [1.807, 2.05) is 0 Å². The predicted molar refractivity (Wildman–Crippen MR) is 205 cm³/mol. The molecule has 53 heavy (non-hydrogen) atoms. The molecule has 0 aliphatic carbocycles. The van der Waals surface area contributed by atoms with E-state index in [-0.39, 0.29) is 49.6 Å². The molecule has 4 aliphatic rings. The van der Waals surface area contributed by atoms with Gasteiger partial charge in [0.05, 0.1) is 10.8 Å². The first-order chi connectivity index (χ1) is 25.9. The fraction of sp³-hybridized carbons (Fsp3) is 0.500. The molecule has 4 saturated heterocycles. The number of amides is 2. The molecule has 0 atom stereocenters. The lowest BCUT2D eigenvalue weighted by atomic mass is 9.97. The van der Waals surface area contributed by atoms with Crippen LogP contribution in [0.4, 0.5) is 9.59 Å². The summed E-state index contributed by atoms with van der Waals surface area (Å²) < 4.78 is 24.6. The van der Waals surface area contributed by atoms with Gasteiger partial charge in [-0.05, 0) is 112 Å². The number of piperidine rings is 4. The zero-order valence-corrected chi connectivity index (χ0v) is 31.3. The average molecular weight is 788 g/mol. The van der Waals surface area contributed by atoms with Crippen molar-refractivity contribution in [2.45, 2.75) is 76.3 Å². The van der Waals surface area contributed by atoms with Crippen LogP contribution < -0.4 is 20.7 Å². The molecule has 0 radical (unpaired) electrons. The SMILES string of the molecule is O=C(Oc1c2cccc(OC(=O)N3CCC(N4CCCCC4)CC3)c2c2oc(=O)c3c(Br)ccc4oc(=O)c1c2c43)N1CCC(N2CCCCC2)CC1. The molecule has 0 spiro atoms.